The minimum atomic E-state index is -0.450. The van der Waals surface area contributed by atoms with Gasteiger partial charge in [0.05, 0.1) is 4.92 Å². The number of hydrogen-bond acceptors (Lipinski definition) is 4. The molecule has 0 heterocycles. The number of anilines is 1. The molecule has 104 valence electrons. The van der Waals surface area contributed by atoms with Gasteiger partial charge in [-0.2, -0.15) is 11.8 Å². The minimum Gasteiger partial charge on any atom is -0.383 e. The maximum absolute atomic E-state index is 10.8. The predicted octanol–water partition coefficient (Wildman–Crippen LogP) is 4.25. The molecular weight excluding hydrogens is 284 g/mol. The maximum atomic E-state index is 10.8. The molecule has 0 saturated heterocycles. The Hall–Kier alpha value is -0.940. The van der Waals surface area contributed by atoms with Crippen LogP contribution in [0.15, 0.2) is 12.1 Å². The lowest BCUT2D eigenvalue weighted by atomic mass is 9.84. The van der Waals surface area contributed by atoms with Crippen LogP contribution in [-0.2, 0) is 0 Å². The summed E-state index contributed by atoms with van der Waals surface area (Å²) in [5.41, 5.74) is 1.70. The normalized spacial score (nSPS) is 16.8. The summed E-state index contributed by atoms with van der Waals surface area (Å²) in [4.78, 5) is 10.4. The van der Waals surface area contributed by atoms with Gasteiger partial charge in [-0.15, -0.1) is 0 Å². The fourth-order valence-corrected chi connectivity index (χ4v) is 3.42. The van der Waals surface area contributed by atoms with E-state index in [1.54, 1.807) is 6.07 Å². The first kappa shape index (κ1) is 14.5. The summed E-state index contributed by atoms with van der Waals surface area (Å²) in [6.07, 6.45) is 5.86. The van der Waals surface area contributed by atoms with Crippen LogP contribution in [0, 0.1) is 17.0 Å². The molecule has 0 aliphatic heterocycles. The smallest absolute Gasteiger partial charge is 0.288 e. The third-order valence-corrected chi connectivity index (χ3v) is 5.51. The van der Waals surface area contributed by atoms with E-state index in [2.05, 4.69) is 11.6 Å². The highest BCUT2D eigenvalue weighted by molar-refractivity contribution is 8.00. The minimum absolute atomic E-state index is 0.0343. The van der Waals surface area contributed by atoms with Crippen LogP contribution < -0.4 is 5.32 Å². The average molecular weight is 301 g/mol. The Labute approximate surface area is 122 Å². The lowest BCUT2D eigenvalue weighted by Gasteiger charge is -2.40. The van der Waals surface area contributed by atoms with Crippen LogP contribution in [0.2, 0.25) is 5.02 Å². The molecule has 0 bridgehead atoms. The summed E-state index contributed by atoms with van der Waals surface area (Å²) >= 11 is 7.83. The number of nitro benzene ring substituents is 1. The maximum Gasteiger partial charge on any atom is 0.288 e. The molecule has 0 unspecified atom stereocenters. The zero-order valence-electron chi connectivity index (χ0n) is 11.0. The van der Waals surface area contributed by atoms with E-state index in [4.69, 9.17) is 11.6 Å². The highest BCUT2D eigenvalue weighted by atomic mass is 35.5. The van der Waals surface area contributed by atoms with Crippen molar-refractivity contribution in [2.75, 3.05) is 18.1 Å². The van der Waals surface area contributed by atoms with Gasteiger partial charge in [0, 0.05) is 23.0 Å². The summed E-state index contributed by atoms with van der Waals surface area (Å²) in [7, 11) is 0. The van der Waals surface area contributed by atoms with Crippen molar-refractivity contribution in [3.63, 3.8) is 0 Å². The molecule has 0 radical (unpaired) electrons. The highest BCUT2D eigenvalue weighted by Crippen LogP contribution is 2.43. The largest absolute Gasteiger partial charge is 0.383 e. The number of aryl methyl sites for hydroxylation is 1. The molecule has 1 aliphatic rings. The van der Waals surface area contributed by atoms with E-state index in [1.165, 1.54) is 25.3 Å². The van der Waals surface area contributed by atoms with E-state index in [1.807, 2.05) is 18.7 Å². The van der Waals surface area contributed by atoms with Crippen LogP contribution in [0.4, 0.5) is 11.4 Å². The molecule has 19 heavy (non-hydrogen) atoms. The summed E-state index contributed by atoms with van der Waals surface area (Å²) in [6, 6.07) is 3.18. The molecule has 0 aromatic heterocycles. The molecule has 4 nitrogen and oxygen atoms in total. The van der Waals surface area contributed by atoms with E-state index in [9.17, 15) is 10.1 Å². The molecule has 1 aromatic carbocycles. The standard InChI is InChI=1S/C13H17ClN2O2S/c1-9-6-12(16(17)18)10(14)7-11(9)15-8-13(19-2)4-3-5-13/h6-7,15H,3-5,8H2,1-2H3. The molecule has 2 rings (SSSR count). The van der Waals surface area contributed by atoms with Crippen molar-refractivity contribution in [1.29, 1.82) is 0 Å². The predicted molar refractivity (Wildman–Crippen MR) is 81.4 cm³/mol. The van der Waals surface area contributed by atoms with Crippen LogP contribution in [0.1, 0.15) is 24.8 Å². The van der Waals surface area contributed by atoms with Crippen LogP contribution in [-0.4, -0.2) is 22.5 Å². The van der Waals surface area contributed by atoms with Gasteiger partial charge in [-0.05, 0) is 37.7 Å². The third kappa shape index (κ3) is 2.98. The number of benzene rings is 1. The van der Waals surface area contributed by atoms with Gasteiger partial charge >= 0.3 is 0 Å². The van der Waals surface area contributed by atoms with Gasteiger partial charge in [0.1, 0.15) is 5.02 Å². The molecule has 1 fully saturated rings. The fraction of sp³-hybridized carbons (Fsp3) is 0.538. The van der Waals surface area contributed by atoms with Gasteiger partial charge in [0.15, 0.2) is 0 Å². The lowest BCUT2D eigenvalue weighted by Crippen LogP contribution is -2.40. The van der Waals surface area contributed by atoms with Gasteiger partial charge in [0.25, 0.3) is 5.69 Å². The zero-order valence-corrected chi connectivity index (χ0v) is 12.6. The van der Waals surface area contributed by atoms with Crippen molar-refractivity contribution in [3.8, 4) is 0 Å². The Morgan fingerprint density at radius 1 is 1.53 bits per heavy atom. The van der Waals surface area contributed by atoms with Crippen LogP contribution >= 0.6 is 23.4 Å². The highest BCUT2D eigenvalue weighted by Gasteiger charge is 2.35. The van der Waals surface area contributed by atoms with Crippen LogP contribution in [0.25, 0.3) is 0 Å². The Balaban J connectivity index is 2.13. The third-order valence-electron chi connectivity index (χ3n) is 3.79. The zero-order chi connectivity index (χ0) is 14.0. The van der Waals surface area contributed by atoms with Gasteiger partial charge in [-0.1, -0.05) is 18.0 Å². The number of nitro groups is 1. The fourth-order valence-electron chi connectivity index (χ4n) is 2.28. The summed E-state index contributed by atoms with van der Waals surface area (Å²) in [5, 5.41) is 14.4. The van der Waals surface area contributed by atoms with Crippen molar-refractivity contribution in [2.24, 2.45) is 0 Å². The van der Waals surface area contributed by atoms with E-state index < -0.39 is 4.92 Å². The Morgan fingerprint density at radius 2 is 2.21 bits per heavy atom. The molecule has 6 heteroatoms. The quantitative estimate of drug-likeness (QED) is 0.652. The van der Waals surface area contributed by atoms with E-state index >= 15 is 0 Å². The van der Waals surface area contributed by atoms with E-state index in [0.717, 1.165) is 17.8 Å². The van der Waals surface area contributed by atoms with Gasteiger partial charge in [-0.25, -0.2) is 0 Å². The van der Waals surface area contributed by atoms with Crippen molar-refractivity contribution in [1.82, 2.24) is 0 Å². The van der Waals surface area contributed by atoms with E-state index in [-0.39, 0.29) is 10.7 Å². The Morgan fingerprint density at radius 3 is 2.68 bits per heavy atom. The summed E-state index contributed by atoms with van der Waals surface area (Å²) < 4.78 is 0.320. The van der Waals surface area contributed by atoms with Crippen molar-refractivity contribution < 1.29 is 4.92 Å². The first-order chi connectivity index (χ1) is 8.97. The second kappa shape index (κ2) is 5.59. The number of rotatable bonds is 5. The molecular formula is C13H17ClN2O2S. The van der Waals surface area contributed by atoms with Gasteiger partial charge in [0.2, 0.25) is 0 Å². The number of halogens is 1. The van der Waals surface area contributed by atoms with Crippen molar-refractivity contribution in [3.05, 3.63) is 32.8 Å². The molecule has 1 saturated carbocycles. The second-order valence-corrected chi connectivity index (χ2v) is 6.65. The van der Waals surface area contributed by atoms with Crippen LogP contribution in [0.5, 0.6) is 0 Å². The second-order valence-electron chi connectivity index (χ2n) is 4.97. The number of thioether (sulfide) groups is 1. The van der Waals surface area contributed by atoms with Gasteiger partial charge in [-0.3, -0.25) is 10.1 Å². The monoisotopic (exact) mass is 300 g/mol. The molecule has 0 atom stereocenters. The average Bonchev–Trinajstić information content (AvgIpc) is 2.31. The molecule has 1 N–H and O–H groups in total. The molecule has 1 aromatic rings. The van der Waals surface area contributed by atoms with Crippen molar-refractivity contribution in [2.45, 2.75) is 30.9 Å². The number of nitrogens with one attached hydrogen (secondary N) is 1. The summed E-state index contributed by atoms with van der Waals surface area (Å²) in [6.45, 7) is 2.74. The van der Waals surface area contributed by atoms with E-state index in [0.29, 0.717) is 4.75 Å². The van der Waals surface area contributed by atoms with Crippen molar-refractivity contribution >= 4 is 34.7 Å². The first-order valence-corrected chi connectivity index (χ1v) is 7.81. The SMILES string of the molecule is CSC1(CNc2cc(Cl)c([N+](=O)[O-])cc2C)CCC1. The molecule has 0 amide bonds. The number of nitrogens with zero attached hydrogens (tertiary/aromatic N) is 1. The lowest BCUT2D eigenvalue weighted by molar-refractivity contribution is -0.384. The number of hydrogen-bond donors (Lipinski definition) is 1. The summed E-state index contributed by atoms with van der Waals surface area (Å²) in [5.74, 6) is 0. The first-order valence-electron chi connectivity index (χ1n) is 6.21. The molecule has 0 spiro atoms. The molecule has 1 aliphatic carbocycles. The topological polar surface area (TPSA) is 55.2 Å². The Kier molecular flexibility index (Phi) is 4.26. The Bertz CT molecular complexity index is 498. The van der Waals surface area contributed by atoms with Crippen LogP contribution in [0.3, 0.4) is 0 Å². The van der Waals surface area contributed by atoms with Gasteiger partial charge < -0.3 is 5.32 Å².